The van der Waals surface area contributed by atoms with Gasteiger partial charge < -0.3 is 11.1 Å². The molecule has 0 aromatic heterocycles. The quantitative estimate of drug-likeness (QED) is 0.805. The predicted octanol–water partition coefficient (Wildman–Crippen LogP) is 2.23. The third kappa shape index (κ3) is 5.17. The molecule has 1 aliphatic rings. The van der Waals surface area contributed by atoms with E-state index in [2.05, 4.69) is 19.2 Å². The zero-order valence-electron chi connectivity index (χ0n) is 10.6. The van der Waals surface area contributed by atoms with Crippen molar-refractivity contribution in [2.45, 2.75) is 64.5 Å². The molecular weight excluding hydrogens is 224 g/mol. The smallest absolute Gasteiger partial charge is 0.221 e. The molecule has 1 saturated carbocycles. The first kappa shape index (κ1) is 15.7. The van der Waals surface area contributed by atoms with Gasteiger partial charge in [0.15, 0.2) is 0 Å². The molecule has 0 aliphatic heterocycles. The Hall–Kier alpha value is -0.280. The van der Waals surface area contributed by atoms with Crippen molar-refractivity contribution in [3.05, 3.63) is 0 Å². The Kier molecular flexibility index (Phi) is 6.34. The Morgan fingerprint density at radius 2 is 2.00 bits per heavy atom. The van der Waals surface area contributed by atoms with Crippen molar-refractivity contribution >= 4 is 18.3 Å². The van der Waals surface area contributed by atoms with E-state index in [-0.39, 0.29) is 29.9 Å². The van der Waals surface area contributed by atoms with Gasteiger partial charge in [0.25, 0.3) is 0 Å². The first-order chi connectivity index (χ1) is 6.91. The number of hydrogen-bond donors (Lipinski definition) is 2. The van der Waals surface area contributed by atoms with E-state index in [4.69, 9.17) is 5.73 Å². The van der Waals surface area contributed by atoms with Crippen LogP contribution >= 0.6 is 12.4 Å². The number of nitrogens with two attached hydrogens (primary N) is 1. The highest BCUT2D eigenvalue weighted by Crippen LogP contribution is 2.31. The summed E-state index contributed by atoms with van der Waals surface area (Å²) < 4.78 is 0. The monoisotopic (exact) mass is 248 g/mol. The lowest BCUT2D eigenvalue weighted by Gasteiger charge is -2.37. The van der Waals surface area contributed by atoms with Crippen LogP contribution in [0.3, 0.4) is 0 Å². The van der Waals surface area contributed by atoms with Crippen LogP contribution in [-0.2, 0) is 4.79 Å². The third-order valence-corrected chi connectivity index (χ3v) is 3.33. The Labute approximate surface area is 105 Å². The van der Waals surface area contributed by atoms with Gasteiger partial charge in [0.2, 0.25) is 5.91 Å². The highest BCUT2D eigenvalue weighted by Gasteiger charge is 2.30. The molecule has 3 nitrogen and oxygen atoms in total. The first-order valence-corrected chi connectivity index (χ1v) is 5.98. The van der Waals surface area contributed by atoms with Crippen LogP contribution in [0.2, 0.25) is 0 Å². The zero-order chi connectivity index (χ0) is 11.5. The van der Waals surface area contributed by atoms with Gasteiger partial charge in [0.05, 0.1) is 0 Å². The lowest BCUT2D eigenvalue weighted by molar-refractivity contribution is -0.123. The Bertz CT molecular complexity index is 223. The second-order valence-electron chi connectivity index (χ2n) is 5.47. The van der Waals surface area contributed by atoms with Crippen LogP contribution in [0, 0.1) is 5.92 Å². The van der Waals surface area contributed by atoms with Crippen LogP contribution in [0.25, 0.3) is 0 Å². The van der Waals surface area contributed by atoms with Gasteiger partial charge in [-0.25, -0.2) is 0 Å². The summed E-state index contributed by atoms with van der Waals surface area (Å²) in [4.78, 5) is 11.6. The molecule has 0 saturated heterocycles. The molecule has 96 valence electrons. The fourth-order valence-electron chi connectivity index (χ4n) is 2.20. The molecule has 1 amide bonds. The van der Waals surface area contributed by atoms with Crippen LogP contribution in [0.4, 0.5) is 0 Å². The Balaban J connectivity index is 0.00000225. The molecule has 1 unspecified atom stereocenters. The van der Waals surface area contributed by atoms with Gasteiger partial charge in [-0.15, -0.1) is 12.4 Å². The maximum atomic E-state index is 11.6. The minimum atomic E-state index is -0.0453. The number of halogens is 1. The second-order valence-corrected chi connectivity index (χ2v) is 5.47. The third-order valence-electron chi connectivity index (χ3n) is 3.33. The number of nitrogens with one attached hydrogen (secondary N) is 1. The van der Waals surface area contributed by atoms with Gasteiger partial charge in [-0.2, -0.15) is 0 Å². The highest BCUT2D eigenvalue weighted by molar-refractivity contribution is 5.85. The number of carbonyl (C=O) groups is 1. The SMILES string of the molecule is CC(N)CC(=O)NC1(C)CCC(C)CC1.Cl. The summed E-state index contributed by atoms with van der Waals surface area (Å²) in [6.45, 7) is 6.30. The van der Waals surface area contributed by atoms with Crippen molar-refractivity contribution in [3.8, 4) is 0 Å². The summed E-state index contributed by atoms with van der Waals surface area (Å²) in [5.74, 6) is 0.908. The molecule has 0 heterocycles. The molecule has 0 radical (unpaired) electrons. The molecule has 0 aromatic carbocycles. The predicted molar refractivity (Wildman–Crippen MR) is 69.7 cm³/mol. The van der Waals surface area contributed by atoms with Crippen LogP contribution < -0.4 is 11.1 Å². The van der Waals surface area contributed by atoms with Gasteiger partial charge in [-0.3, -0.25) is 4.79 Å². The summed E-state index contributed by atoms with van der Waals surface area (Å²) in [5, 5.41) is 3.13. The molecule has 0 spiro atoms. The molecule has 0 bridgehead atoms. The van der Waals surface area contributed by atoms with Crippen molar-refractivity contribution in [2.24, 2.45) is 11.7 Å². The molecule has 1 atom stereocenters. The van der Waals surface area contributed by atoms with Crippen LogP contribution in [0.5, 0.6) is 0 Å². The summed E-state index contributed by atoms with van der Waals surface area (Å²) in [6, 6.07) is -0.0453. The molecule has 1 aliphatic carbocycles. The van der Waals surface area contributed by atoms with E-state index in [0.29, 0.717) is 6.42 Å². The normalized spacial score (nSPS) is 31.4. The Morgan fingerprint density at radius 1 is 1.50 bits per heavy atom. The molecular formula is C12H25ClN2O. The topological polar surface area (TPSA) is 55.1 Å². The minimum absolute atomic E-state index is 0. The van der Waals surface area contributed by atoms with E-state index >= 15 is 0 Å². The van der Waals surface area contributed by atoms with E-state index < -0.39 is 0 Å². The zero-order valence-corrected chi connectivity index (χ0v) is 11.4. The maximum Gasteiger partial charge on any atom is 0.221 e. The van der Waals surface area contributed by atoms with Crippen LogP contribution in [-0.4, -0.2) is 17.5 Å². The standard InChI is InChI=1S/C12H24N2O.ClH/c1-9-4-6-12(3,7-5-9)14-11(15)8-10(2)13;/h9-10H,4-8,13H2,1-3H3,(H,14,15);1H. The summed E-state index contributed by atoms with van der Waals surface area (Å²) in [7, 11) is 0. The van der Waals surface area contributed by atoms with Crippen molar-refractivity contribution in [1.29, 1.82) is 0 Å². The van der Waals surface area contributed by atoms with E-state index in [1.165, 1.54) is 12.8 Å². The molecule has 0 aromatic rings. The first-order valence-electron chi connectivity index (χ1n) is 5.98. The van der Waals surface area contributed by atoms with Gasteiger partial charge in [0, 0.05) is 18.0 Å². The van der Waals surface area contributed by atoms with Gasteiger partial charge >= 0.3 is 0 Å². The minimum Gasteiger partial charge on any atom is -0.351 e. The second kappa shape index (κ2) is 6.45. The molecule has 16 heavy (non-hydrogen) atoms. The summed E-state index contributed by atoms with van der Waals surface area (Å²) >= 11 is 0. The average Bonchev–Trinajstić information content (AvgIpc) is 2.09. The molecule has 3 N–H and O–H groups in total. The number of carbonyl (C=O) groups excluding carboxylic acids is 1. The average molecular weight is 249 g/mol. The Morgan fingerprint density at radius 3 is 2.44 bits per heavy atom. The van der Waals surface area contributed by atoms with Crippen molar-refractivity contribution in [3.63, 3.8) is 0 Å². The van der Waals surface area contributed by atoms with Crippen LogP contribution in [0.15, 0.2) is 0 Å². The maximum absolute atomic E-state index is 11.6. The molecule has 4 heteroatoms. The van der Waals surface area contributed by atoms with Crippen molar-refractivity contribution in [1.82, 2.24) is 5.32 Å². The van der Waals surface area contributed by atoms with Gasteiger partial charge in [-0.1, -0.05) is 6.92 Å². The molecule has 1 fully saturated rings. The number of rotatable bonds is 3. The van der Waals surface area contributed by atoms with E-state index in [0.717, 1.165) is 18.8 Å². The fraction of sp³-hybridized carbons (Fsp3) is 0.917. The van der Waals surface area contributed by atoms with Gasteiger partial charge in [-0.05, 0) is 45.4 Å². The summed E-state index contributed by atoms with van der Waals surface area (Å²) in [5.41, 5.74) is 5.62. The van der Waals surface area contributed by atoms with Crippen molar-refractivity contribution in [2.75, 3.05) is 0 Å². The van der Waals surface area contributed by atoms with E-state index in [9.17, 15) is 4.79 Å². The largest absolute Gasteiger partial charge is 0.351 e. The summed E-state index contributed by atoms with van der Waals surface area (Å²) in [6.07, 6.45) is 5.06. The van der Waals surface area contributed by atoms with Crippen molar-refractivity contribution < 1.29 is 4.79 Å². The van der Waals surface area contributed by atoms with E-state index in [1.807, 2.05) is 6.92 Å². The van der Waals surface area contributed by atoms with Crippen LogP contribution in [0.1, 0.15) is 52.9 Å². The van der Waals surface area contributed by atoms with Gasteiger partial charge in [0.1, 0.15) is 0 Å². The number of hydrogen-bond acceptors (Lipinski definition) is 2. The molecule has 1 rings (SSSR count). The fourth-order valence-corrected chi connectivity index (χ4v) is 2.20. The highest BCUT2D eigenvalue weighted by atomic mass is 35.5. The lowest BCUT2D eigenvalue weighted by atomic mass is 9.78. The number of amides is 1. The van der Waals surface area contributed by atoms with E-state index in [1.54, 1.807) is 0 Å². The lowest BCUT2D eigenvalue weighted by Crippen LogP contribution is -2.49.